The molecule has 0 bridgehead atoms. The van der Waals surface area contributed by atoms with Crippen LogP contribution in [-0.2, 0) is 6.54 Å². The fraction of sp³-hybridized carbons (Fsp3) is 0.300. The smallest absolute Gasteiger partial charge is 0.225 e. The maximum Gasteiger partial charge on any atom is 0.225 e. The van der Waals surface area contributed by atoms with Gasteiger partial charge < -0.3 is 4.74 Å². The molecule has 2 aromatic heterocycles. The van der Waals surface area contributed by atoms with Gasteiger partial charge in [0.05, 0.1) is 13.7 Å². The summed E-state index contributed by atoms with van der Waals surface area (Å²) in [5, 5.41) is 8.04. The zero-order chi connectivity index (χ0) is 11.5. The molecule has 5 nitrogen and oxygen atoms in total. The van der Waals surface area contributed by atoms with Crippen LogP contribution in [0.2, 0.25) is 5.28 Å². The van der Waals surface area contributed by atoms with Crippen molar-refractivity contribution in [1.29, 1.82) is 0 Å². The highest BCUT2D eigenvalue weighted by Crippen LogP contribution is 2.12. The third-order valence-electron chi connectivity index (χ3n) is 2.24. The predicted molar refractivity (Wildman–Crippen MR) is 59.7 cm³/mol. The molecule has 0 amide bonds. The van der Waals surface area contributed by atoms with E-state index in [2.05, 4.69) is 15.2 Å². The summed E-state index contributed by atoms with van der Waals surface area (Å²) < 4.78 is 6.79. The summed E-state index contributed by atoms with van der Waals surface area (Å²) in [6.07, 6.45) is 1.74. The van der Waals surface area contributed by atoms with Crippen molar-refractivity contribution < 1.29 is 4.74 Å². The topological polar surface area (TPSA) is 52.8 Å². The van der Waals surface area contributed by atoms with Crippen LogP contribution < -0.4 is 4.74 Å². The van der Waals surface area contributed by atoms with Crippen molar-refractivity contribution in [1.82, 2.24) is 19.7 Å². The van der Waals surface area contributed by atoms with Gasteiger partial charge in [-0.2, -0.15) is 0 Å². The Morgan fingerprint density at radius 2 is 2.19 bits per heavy atom. The highest BCUT2D eigenvalue weighted by Gasteiger charge is 2.06. The first-order valence-corrected chi connectivity index (χ1v) is 5.12. The van der Waals surface area contributed by atoms with E-state index in [-0.39, 0.29) is 0 Å². The third-order valence-corrected chi connectivity index (χ3v) is 2.52. The monoisotopic (exact) mass is 238 g/mol. The Bertz CT molecular complexity index is 461. The summed E-state index contributed by atoms with van der Waals surface area (Å²) in [5.74, 6) is 1.37. The van der Waals surface area contributed by atoms with Crippen molar-refractivity contribution in [2.45, 2.75) is 13.5 Å². The highest BCUT2D eigenvalue weighted by atomic mass is 35.5. The van der Waals surface area contributed by atoms with Gasteiger partial charge in [0.1, 0.15) is 5.82 Å². The molecule has 0 spiro atoms. The number of pyridine rings is 1. The Morgan fingerprint density at radius 3 is 2.69 bits per heavy atom. The second-order valence-electron chi connectivity index (χ2n) is 3.31. The van der Waals surface area contributed by atoms with Crippen LogP contribution in [0.4, 0.5) is 0 Å². The van der Waals surface area contributed by atoms with Crippen LogP contribution in [0.5, 0.6) is 5.88 Å². The SMILES string of the molecule is COc1ccc(Cn2c(C)nnc2Cl)cn1. The average molecular weight is 239 g/mol. The minimum Gasteiger partial charge on any atom is -0.481 e. The van der Waals surface area contributed by atoms with Gasteiger partial charge in [0, 0.05) is 12.3 Å². The van der Waals surface area contributed by atoms with Crippen LogP contribution in [0.3, 0.4) is 0 Å². The van der Waals surface area contributed by atoms with Gasteiger partial charge in [0.15, 0.2) is 0 Å². The first-order chi connectivity index (χ1) is 7.70. The Hall–Kier alpha value is -1.62. The first-order valence-electron chi connectivity index (χ1n) is 4.75. The van der Waals surface area contributed by atoms with E-state index < -0.39 is 0 Å². The fourth-order valence-electron chi connectivity index (χ4n) is 1.34. The average Bonchev–Trinajstić information content (AvgIpc) is 2.62. The van der Waals surface area contributed by atoms with Gasteiger partial charge in [-0.1, -0.05) is 6.07 Å². The molecule has 0 aliphatic carbocycles. The zero-order valence-electron chi connectivity index (χ0n) is 9.01. The molecule has 0 aliphatic heterocycles. The van der Waals surface area contributed by atoms with Gasteiger partial charge in [-0.05, 0) is 24.1 Å². The number of halogens is 1. The van der Waals surface area contributed by atoms with E-state index in [1.165, 1.54) is 0 Å². The van der Waals surface area contributed by atoms with Crippen LogP contribution in [0.25, 0.3) is 0 Å². The number of ether oxygens (including phenoxy) is 1. The van der Waals surface area contributed by atoms with Crippen molar-refractivity contribution in [2.24, 2.45) is 0 Å². The Kier molecular flexibility index (Phi) is 3.05. The maximum absolute atomic E-state index is 5.90. The van der Waals surface area contributed by atoms with E-state index in [0.29, 0.717) is 17.7 Å². The van der Waals surface area contributed by atoms with Crippen molar-refractivity contribution in [2.75, 3.05) is 7.11 Å². The van der Waals surface area contributed by atoms with E-state index in [0.717, 1.165) is 11.4 Å². The number of nitrogens with zero attached hydrogens (tertiary/aromatic N) is 4. The summed E-state index contributed by atoms with van der Waals surface area (Å²) >= 11 is 5.90. The van der Waals surface area contributed by atoms with E-state index in [1.54, 1.807) is 13.3 Å². The molecule has 0 atom stereocenters. The number of rotatable bonds is 3. The van der Waals surface area contributed by atoms with Crippen LogP contribution >= 0.6 is 11.6 Å². The number of aromatic nitrogens is 4. The van der Waals surface area contributed by atoms with Crippen LogP contribution in [-0.4, -0.2) is 26.9 Å². The fourth-order valence-corrected chi connectivity index (χ4v) is 1.56. The molecule has 2 rings (SSSR count). The van der Waals surface area contributed by atoms with Gasteiger partial charge in [-0.25, -0.2) is 4.98 Å². The van der Waals surface area contributed by atoms with Crippen molar-refractivity contribution in [3.05, 3.63) is 35.0 Å². The van der Waals surface area contributed by atoms with Gasteiger partial charge in [-0.3, -0.25) is 4.57 Å². The Morgan fingerprint density at radius 1 is 1.38 bits per heavy atom. The molecule has 0 radical (unpaired) electrons. The minimum absolute atomic E-state index is 0.383. The molecule has 0 saturated heterocycles. The van der Waals surface area contributed by atoms with Crippen LogP contribution in [0.1, 0.15) is 11.4 Å². The molecule has 2 heterocycles. The quantitative estimate of drug-likeness (QED) is 0.817. The molecule has 84 valence electrons. The summed E-state index contributed by atoms with van der Waals surface area (Å²) in [7, 11) is 1.59. The largest absolute Gasteiger partial charge is 0.481 e. The van der Waals surface area contributed by atoms with Gasteiger partial charge in [0.25, 0.3) is 0 Å². The van der Waals surface area contributed by atoms with E-state index in [1.807, 2.05) is 23.6 Å². The van der Waals surface area contributed by atoms with Crippen molar-refractivity contribution >= 4 is 11.6 Å². The van der Waals surface area contributed by atoms with Crippen LogP contribution in [0, 0.1) is 6.92 Å². The highest BCUT2D eigenvalue weighted by molar-refractivity contribution is 6.28. The van der Waals surface area contributed by atoms with Gasteiger partial charge in [0.2, 0.25) is 11.2 Å². The first kappa shape index (κ1) is 10.9. The summed E-state index contributed by atoms with van der Waals surface area (Å²) in [5.41, 5.74) is 1.02. The molecule has 0 saturated carbocycles. The molecule has 0 aromatic carbocycles. The standard InChI is InChI=1S/C10H11ClN4O/c1-7-13-14-10(11)15(7)6-8-3-4-9(16-2)12-5-8/h3-5H,6H2,1-2H3. The number of methoxy groups -OCH3 is 1. The number of aryl methyl sites for hydroxylation is 1. The lowest BCUT2D eigenvalue weighted by Gasteiger charge is -2.05. The lowest BCUT2D eigenvalue weighted by molar-refractivity contribution is 0.397. The summed E-state index contributed by atoms with van der Waals surface area (Å²) in [6.45, 7) is 2.46. The second kappa shape index (κ2) is 4.49. The van der Waals surface area contributed by atoms with E-state index >= 15 is 0 Å². The molecule has 16 heavy (non-hydrogen) atoms. The summed E-state index contributed by atoms with van der Waals surface area (Å²) in [6, 6.07) is 3.74. The molecule has 0 N–H and O–H groups in total. The number of hydrogen-bond acceptors (Lipinski definition) is 4. The Labute approximate surface area is 98.0 Å². The maximum atomic E-state index is 5.90. The molecular formula is C10H11ClN4O. The molecule has 2 aromatic rings. The molecular weight excluding hydrogens is 228 g/mol. The normalized spacial score (nSPS) is 10.4. The molecule has 0 aliphatic rings. The minimum atomic E-state index is 0.383. The Balaban J connectivity index is 2.20. The number of hydrogen-bond donors (Lipinski definition) is 0. The molecule has 0 fully saturated rings. The zero-order valence-corrected chi connectivity index (χ0v) is 9.77. The van der Waals surface area contributed by atoms with Crippen molar-refractivity contribution in [3.8, 4) is 5.88 Å². The lowest BCUT2D eigenvalue weighted by atomic mass is 10.3. The van der Waals surface area contributed by atoms with Gasteiger partial charge >= 0.3 is 0 Å². The van der Waals surface area contributed by atoms with Gasteiger partial charge in [-0.15, -0.1) is 10.2 Å². The molecule has 6 heteroatoms. The van der Waals surface area contributed by atoms with Crippen LogP contribution in [0.15, 0.2) is 18.3 Å². The second-order valence-corrected chi connectivity index (χ2v) is 3.65. The van der Waals surface area contributed by atoms with Crippen molar-refractivity contribution in [3.63, 3.8) is 0 Å². The predicted octanol–water partition coefficient (Wildman–Crippen LogP) is 1.69. The third kappa shape index (κ3) is 2.14. The van der Waals surface area contributed by atoms with E-state index in [4.69, 9.17) is 16.3 Å². The molecule has 0 unspecified atom stereocenters. The van der Waals surface area contributed by atoms with E-state index in [9.17, 15) is 0 Å². The lowest BCUT2D eigenvalue weighted by Crippen LogP contribution is -2.02. The summed E-state index contributed by atoms with van der Waals surface area (Å²) in [4.78, 5) is 4.12.